The van der Waals surface area contributed by atoms with Crippen LogP contribution < -0.4 is 0 Å². The van der Waals surface area contributed by atoms with E-state index >= 15 is 0 Å². The van der Waals surface area contributed by atoms with E-state index in [-0.39, 0.29) is 16.6 Å². The normalized spacial score (nSPS) is 13.1. The van der Waals surface area contributed by atoms with Crippen molar-refractivity contribution in [2.24, 2.45) is 0 Å². The molecule has 2 rings (SSSR count). The molecule has 2 aromatic carbocycles. The fraction of sp³-hybridized carbons (Fsp3) is 0.294. The highest BCUT2D eigenvalue weighted by Crippen LogP contribution is 2.21. The van der Waals surface area contributed by atoms with Crippen LogP contribution in [0.3, 0.4) is 0 Å². The number of sulfone groups is 1. The average Bonchev–Trinajstić information content (AvgIpc) is 2.49. The van der Waals surface area contributed by atoms with Gasteiger partial charge in [0.15, 0.2) is 9.84 Å². The smallest absolute Gasteiger partial charge is 0.182 e. The molecule has 0 saturated heterocycles. The first kappa shape index (κ1) is 16.6. The van der Waals surface area contributed by atoms with Crippen molar-refractivity contribution in [3.05, 3.63) is 65.0 Å². The summed E-state index contributed by atoms with van der Waals surface area (Å²) in [7, 11) is -3.53. The predicted molar refractivity (Wildman–Crippen MR) is 82.9 cm³/mol. The van der Waals surface area contributed by atoms with Gasteiger partial charge >= 0.3 is 0 Å². The second kappa shape index (κ2) is 6.57. The monoisotopic (exact) mass is 324 g/mol. The van der Waals surface area contributed by atoms with Gasteiger partial charge < -0.3 is 0 Å². The van der Waals surface area contributed by atoms with Crippen molar-refractivity contribution in [2.75, 3.05) is 6.67 Å². The standard InChI is InChI=1S/C17H18F2O2S/c1-12-9-16(7-8-17(12)19)22(20,21)11-14-3-5-15(6-4-14)13(2)10-18/h3-9,13H,10-11H2,1-2H3. The average molecular weight is 324 g/mol. The van der Waals surface area contributed by atoms with E-state index in [1.165, 1.54) is 19.1 Å². The molecule has 0 aliphatic heterocycles. The molecule has 0 spiro atoms. The Labute approximate surface area is 129 Å². The van der Waals surface area contributed by atoms with E-state index in [4.69, 9.17) is 0 Å². The molecule has 0 amide bonds. The Morgan fingerprint density at radius 1 is 1.09 bits per heavy atom. The van der Waals surface area contributed by atoms with E-state index in [1.54, 1.807) is 31.2 Å². The molecule has 0 aliphatic rings. The summed E-state index contributed by atoms with van der Waals surface area (Å²) in [6.07, 6.45) is 0. The predicted octanol–water partition coefficient (Wildman–Crippen LogP) is 4.18. The van der Waals surface area contributed by atoms with Gasteiger partial charge in [-0.25, -0.2) is 12.8 Å². The number of rotatable bonds is 5. The van der Waals surface area contributed by atoms with Gasteiger partial charge in [0.2, 0.25) is 0 Å². The molecule has 0 saturated carbocycles. The Morgan fingerprint density at radius 3 is 2.27 bits per heavy atom. The van der Waals surface area contributed by atoms with E-state index < -0.39 is 22.3 Å². The quantitative estimate of drug-likeness (QED) is 0.773. The van der Waals surface area contributed by atoms with E-state index in [2.05, 4.69) is 0 Å². The summed E-state index contributed by atoms with van der Waals surface area (Å²) in [6, 6.07) is 10.6. The maximum atomic E-state index is 13.2. The highest BCUT2D eigenvalue weighted by Gasteiger charge is 2.17. The highest BCUT2D eigenvalue weighted by atomic mass is 32.2. The van der Waals surface area contributed by atoms with Gasteiger partial charge in [0, 0.05) is 5.92 Å². The van der Waals surface area contributed by atoms with Crippen LogP contribution in [0.4, 0.5) is 8.78 Å². The molecule has 5 heteroatoms. The number of hydrogen-bond acceptors (Lipinski definition) is 2. The topological polar surface area (TPSA) is 34.1 Å². The number of benzene rings is 2. The molecule has 1 unspecified atom stereocenters. The van der Waals surface area contributed by atoms with Crippen molar-refractivity contribution < 1.29 is 17.2 Å². The third-order valence-electron chi connectivity index (χ3n) is 3.63. The molecule has 118 valence electrons. The van der Waals surface area contributed by atoms with Gasteiger partial charge in [0.1, 0.15) is 5.82 Å². The molecule has 0 radical (unpaired) electrons. The largest absolute Gasteiger partial charge is 0.250 e. The summed E-state index contributed by atoms with van der Waals surface area (Å²) in [5.74, 6) is -0.795. The van der Waals surface area contributed by atoms with Crippen molar-refractivity contribution in [2.45, 2.75) is 30.4 Å². The van der Waals surface area contributed by atoms with Crippen molar-refractivity contribution in [1.29, 1.82) is 0 Å². The van der Waals surface area contributed by atoms with Gasteiger partial charge in [-0.15, -0.1) is 0 Å². The van der Waals surface area contributed by atoms with Crippen LogP contribution in [0.25, 0.3) is 0 Å². The summed E-state index contributed by atoms with van der Waals surface area (Å²) >= 11 is 0. The molecule has 0 fully saturated rings. The Balaban J connectivity index is 2.23. The van der Waals surface area contributed by atoms with Crippen molar-refractivity contribution in [1.82, 2.24) is 0 Å². The summed E-state index contributed by atoms with van der Waals surface area (Å²) in [4.78, 5) is 0.104. The molecule has 0 heterocycles. The molecule has 0 N–H and O–H groups in total. The molecule has 22 heavy (non-hydrogen) atoms. The van der Waals surface area contributed by atoms with Crippen LogP contribution >= 0.6 is 0 Å². The Bertz CT molecular complexity index is 753. The fourth-order valence-electron chi connectivity index (χ4n) is 2.14. The van der Waals surface area contributed by atoms with Crippen molar-refractivity contribution in [3.8, 4) is 0 Å². The molecular weight excluding hydrogens is 306 g/mol. The zero-order valence-corrected chi connectivity index (χ0v) is 13.3. The maximum Gasteiger partial charge on any atom is 0.182 e. The van der Waals surface area contributed by atoms with Gasteiger partial charge in [-0.3, -0.25) is 4.39 Å². The highest BCUT2D eigenvalue weighted by molar-refractivity contribution is 7.90. The fourth-order valence-corrected chi connectivity index (χ4v) is 3.57. The lowest BCUT2D eigenvalue weighted by molar-refractivity contribution is 0.447. The number of alkyl halides is 1. The van der Waals surface area contributed by atoms with Gasteiger partial charge in [-0.1, -0.05) is 31.2 Å². The van der Waals surface area contributed by atoms with Crippen LogP contribution in [0.2, 0.25) is 0 Å². The lowest BCUT2D eigenvalue weighted by Gasteiger charge is -2.09. The summed E-state index contributed by atoms with van der Waals surface area (Å²) in [6.45, 7) is 2.85. The van der Waals surface area contributed by atoms with Crippen LogP contribution in [0.1, 0.15) is 29.5 Å². The van der Waals surface area contributed by atoms with Crippen molar-refractivity contribution in [3.63, 3.8) is 0 Å². The van der Waals surface area contributed by atoms with Crippen LogP contribution in [0.5, 0.6) is 0 Å². The summed E-state index contributed by atoms with van der Waals surface area (Å²) < 4.78 is 50.6. The zero-order valence-electron chi connectivity index (χ0n) is 12.5. The van der Waals surface area contributed by atoms with Gasteiger partial charge in [-0.05, 0) is 41.8 Å². The third kappa shape index (κ3) is 3.71. The van der Waals surface area contributed by atoms with Gasteiger partial charge in [-0.2, -0.15) is 0 Å². The second-order valence-electron chi connectivity index (χ2n) is 5.47. The van der Waals surface area contributed by atoms with Crippen LogP contribution in [-0.4, -0.2) is 15.1 Å². The zero-order chi connectivity index (χ0) is 16.3. The Hall–Kier alpha value is -1.75. The number of hydrogen-bond donors (Lipinski definition) is 0. The molecule has 1 atom stereocenters. The first-order chi connectivity index (χ1) is 10.3. The van der Waals surface area contributed by atoms with E-state index in [0.717, 1.165) is 11.6 Å². The molecule has 2 nitrogen and oxygen atoms in total. The second-order valence-corrected chi connectivity index (χ2v) is 7.46. The summed E-state index contributed by atoms with van der Waals surface area (Å²) in [5.41, 5.74) is 1.76. The minimum Gasteiger partial charge on any atom is -0.250 e. The Morgan fingerprint density at radius 2 is 1.73 bits per heavy atom. The molecule has 2 aromatic rings. The lowest BCUT2D eigenvalue weighted by atomic mass is 10.0. The number of aryl methyl sites for hydroxylation is 1. The summed E-state index contributed by atoms with van der Waals surface area (Å²) in [5, 5.41) is 0. The maximum absolute atomic E-state index is 13.2. The molecule has 0 bridgehead atoms. The van der Waals surface area contributed by atoms with E-state index in [9.17, 15) is 17.2 Å². The van der Waals surface area contributed by atoms with Gasteiger partial charge in [0.25, 0.3) is 0 Å². The molecule has 0 aliphatic carbocycles. The van der Waals surface area contributed by atoms with Crippen LogP contribution in [-0.2, 0) is 15.6 Å². The minimum atomic E-state index is -3.53. The van der Waals surface area contributed by atoms with Gasteiger partial charge in [0.05, 0.1) is 17.3 Å². The van der Waals surface area contributed by atoms with E-state index in [0.29, 0.717) is 11.1 Å². The molecular formula is C17H18F2O2S. The SMILES string of the molecule is Cc1cc(S(=O)(=O)Cc2ccc(C(C)CF)cc2)ccc1F. The third-order valence-corrected chi connectivity index (χ3v) is 5.31. The lowest BCUT2D eigenvalue weighted by Crippen LogP contribution is -2.06. The molecule has 0 aromatic heterocycles. The number of halogens is 2. The Kier molecular flexibility index (Phi) is 4.96. The van der Waals surface area contributed by atoms with E-state index in [1.807, 2.05) is 0 Å². The first-order valence-electron chi connectivity index (χ1n) is 6.97. The van der Waals surface area contributed by atoms with Crippen LogP contribution in [0, 0.1) is 12.7 Å². The first-order valence-corrected chi connectivity index (χ1v) is 8.62. The van der Waals surface area contributed by atoms with Crippen LogP contribution in [0.15, 0.2) is 47.4 Å². The van der Waals surface area contributed by atoms with Crippen molar-refractivity contribution >= 4 is 9.84 Å². The minimum absolute atomic E-state index is 0.104.